The van der Waals surface area contributed by atoms with E-state index < -0.39 is 0 Å². The molecule has 1 aromatic heterocycles. The second-order valence-corrected chi connectivity index (χ2v) is 6.83. The molecule has 0 radical (unpaired) electrons. The van der Waals surface area contributed by atoms with Crippen LogP contribution in [-0.4, -0.2) is 4.98 Å². The number of hydrogen-bond acceptors (Lipinski definition) is 2. The predicted molar refractivity (Wildman–Crippen MR) is 110 cm³/mol. The third-order valence-corrected chi connectivity index (χ3v) is 5.11. The first-order chi connectivity index (χ1) is 13.4. The van der Waals surface area contributed by atoms with E-state index in [4.69, 9.17) is 9.40 Å². The third-order valence-electron chi connectivity index (χ3n) is 5.11. The van der Waals surface area contributed by atoms with Gasteiger partial charge in [0.25, 0.3) is 0 Å². The van der Waals surface area contributed by atoms with Gasteiger partial charge in [0.05, 0.1) is 5.92 Å². The molecule has 0 aliphatic carbocycles. The highest BCUT2D eigenvalue weighted by atomic mass is 16.3. The summed E-state index contributed by atoms with van der Waals surface area (Å²) >= 11 is 0. The normalized spacial score (nSPS) is 12.4. The molecular weight excluding hydrogens is 330 g/mol. The second-order valence-electron chi connectivity index (χ2n) is 6.83. The van der Waals surface area contributed by atoms with Gasteiger partial charge in [-0.05, 0) is 40.5 Å². The Morgan fingerprint density at radius 1 is 0.704 bits per heavy atom. The first-order valence-electron chi connectivity index (χ1n) is 9.25. The zero-order chi connectivity index (χ0) is 18.1. The summed E-state index contributed by atoms with van der Waals surface area (Å²) in [5.74, 6) is 0.847. The van der Waals surface area contributed by atoms with Gasteiger partial charge in [0.1, 0.15) is 5.52 Å². The number of aromatic nitrogens is 1. The molecule has 0 amide bonds. The number of oxazole rings is 1. The van der Waals surface area contributed by atoms with Crippen LogP contribution in [0.3, 0.4) is 0 Å². The summed E-state index contributed by atoms with van der Waals surface area (Å²) in [6, 6.07) is 33.5. The largest absolute Gasteiger partial charge is 0.440 e. The predicted octanol–water partition coefficient (Wildman–Crippen LogP) is 6.36. The van der Waals surface area contributed by atoms with Crippen LogP contribution in [0.1, 0.15) is 22.9 Å². The van der Waals surface area contributed by atoms with Gasteiger partial charge in [-0.25, -0.2) is 4.98 Å². The fourth-order valence-corrected chi connectivity index (χ4v) is 3.76. The van der Waals surface area contributed by atoms with Crippen LogP contribution >= 0.6 is 0 Å². The Labute approximate surface area is 158 Å². The summed E-state index contributed by atoms with van der Waals surface area (Å²) < 4.78 is 6.16. The minimum atomic E-state index is 0.0735. The maximum atomic E-state index is 6.16. The molecule has 0 saturated heterocycles. The smallest absolute Gasteiger partial charge is 0.203 e. The summed E-state index contributed by atoms with van der Waals surface area (Å²) in [7, 11) is 0. The number of fused-ring (bicyclic) bond motifs is 2. The average Bonchev–Trinajstić information content (AvgIpc) is 3.16. The van der Waals surface area contributed by atoms with Gasteiger partial charge in [-0.15, -0.1) is 0 Å². The van der Waals surface area contributed by atoms with E-state index in [1.165, 1.54) is 21.9 Å². The highest BCUT2D eigenvalue weighted by molar-refractivity contribution is 5.85. The van der Waals surface area contributed by atoms with Crippen LogP contribution in [0.2, 0.25) is 0 Å². The van der Waals surface area contributed by atoms with E-state index in [0.29, 0.717) is 0 Å². The lowest BCUT2D eigenvalue weighted by Gasteiger charge is -2.16. The van der Waals surface area contributed by atoms with Crippen molar-refractivity contribution < 1.29 is 4.42 Å². The molecule has 27 heavy (non-hydrogen) atoms. The number of rotatable bonds is 4. The lowest BCUT2D eigenvalue weighted by Crippen LogP contribution is -2.06. The van der Waals surface area contributed by atoms with E-state index in [9.17, 15) is 0 Å². The van der Waals surface area contributed by atoms with E-state index in [-0.39, 0.29) is 5.92 Å². The molecule has 0 saturated carbocycles. The zero-order valence-corrected chi connectivity index (χ0v) is 14.9. The fraction of sp³-hybridized carbons (Fsp3) is 0.0800. The van der Waals surface area contributed by atoms with Gasteiger partial charge in [-0.3, -0.25) is 0 Å². The Morgan fingerprint density at radius 3 is 2.33 bits per heavy atom. The molecule has 5 rings (SSSR count). The van der Waals surface area contributed by atoms with Crippen LogP contribution in [0.4, 0.5) is 0 Å². The molecule has 1 heterocycles. The van der Waals surface area contributed by atoms with Gasteiger partial charge in [0.15, 0.2) is 5.58 Å². The number of nitrogens with zero attached hydrogens (tertiary/aromatic N) is 1. The molecule has 0 N–H and O–H groups in total. The maximum absolute atomic E-state index is 6.16. The maximum Gasteiger partial charge on any atom is 0.203 e. The molecule has 0 spiro atoms. The summed E-state index contributed by atoms with van der Waals surface area (Å²) in [6.07, 6.45) is 0.845. The molecule has 1 atom stereocenters. The zero-order valence-electron chi connectivity index (χ0n) is 14.9. The van der Waals surface area contributed by atoms with Gasteiger partial charge in [-0.1, -0.05) is 84.9 Å². The molecule has 4 aromatic carbocycles. The number of para-hydroxylation sites is 2. The Balaban J connectivity index is 1.64. The fourth-order valence-electron chi connectivity index (χ4n) is 3.76. The molecule has 0 aliphatic rings. The molecule has 130 valence electrons. The van der Waals surface area contributed by atoms with Gasteiger partial charge < -0.3 is 4.42 Å². The Bertz CT molecular complexity index is 1170. The quantitative estimate of drug-likeness (QED) is 0.377. The molecule has 5 aromatic rings. The van der Waals surface area contributed by atoms with Crippen LogP contribution in [0.25, 0.3) is 21.9 Å². The SMILES string of the molecule is c1ccc(C(Cc2cccc3ccccc23)c2nc3ccccc3o2)cc1. The van der Waals surface area contributed by atoms with Crippen LogP contribution in [-0.2, 0) is 6.42 Å². The molecule has 0 aliphatic heterocycles. The molecular formula is C25H19NO. The lowest BCUT2D eigenvalue weighted by molar-refractivity contribution is 0.498. The van der Waals surface area contributed by atoms with Crippen molar-refractivity contribution in [1.82, 2.24) is 4.98 Å². The van der Waals surface area contributed by atoms with Crippen LogP contribution in [0.5, 0.6) is 0 Å². The summed E-state index contributed by atoms with van der Waals surface area (Å²) in [5, 5.41) is 2.55. The van der Waals surface area contributed by atoms with Gasteiger partial charge in [0, 0.05) is 0 Å². The molecule has 1 unspecified atom stereocenters. The van der Waals surface area contributed by atoms with Gasteiger partial charge in [0.2, 0.25) is 5.89 Å². The van der Waals surface area contributed by atoms with Crippen molar-refractivity contribution >= 4 is 21.9 Å². The monoisotopic (exact) mass is 349 g/mol. The van der Waals surface area contributed by atoms with Crippen molar-refractivity contribution in [2.75, 3.05) is 0 Å². The topological polar surface area (TPSA) is 26.0 Å². The standard InChI is InChI=1S/C25H19NO/c1-2-9-19(10-3-1)22(25-26-23-15-6-7-16-24(23)27-25)17-20-13-8-12-18-11-4-5-14-21(18)20/h1-16,22H,17H2. The highest BCUT2D eigenvalue weighted by Crippen LogP contribution is 2.32. The molecule has 0 bridgehead atoms. The summed E-state index contributed by atoms with van der Waals surface area (Å²) in [5.41, 5.74) is 4.28. The Kier molecular flexibility index (Phi) is 3.95. The number of benzene rings is 4. The van der Waals surface area contributed by atoms with E-state index in [2.05, 4.69) is 66.7 Å². The Hall–Kier alpha value is -3.39. The van der Waals surface area contributed by atoms with E-state index >= 15 is 0 Å². The van der Waals surface area contributed by atoms with Crippen molar-refractivity contribution in [3.05, 3.63) is 114 Å². The number of hydrogen-bond donors (Lipinski definition) is 0. The average molecular weight is 349 g/mol. The molecule has 2 nitrogen and oxygen atoms in total. The van der Waals surface area contributed by atoms with Gasteiger partial charge in [-0.2, -0.15) is 0 Å². The highest BCUT2D eigenvalue weighted by Gasteiger charge is 2.21. The van der Waals surface area contributed by atoms with Crippen LogP contribution < -0.4 is 0 Å². The van der Waals surface area contributed by atoms with Crippen molar-refractivity contribution in [3.8, 4) is 0 Å². The van der Waals surface area contributed by atoms with Gasteiger partial charge >= 0.3 is 0 Å². The molecule has 2 heteroatoms. The first kappa shape index (κ1) is 15.8. The minimum Gasteiger partial charge on any atom is -0.440 e. The van der Waals surface area contributed by atoms with E-state index in [1.54, 1.807) is 0 Å². The van der Waals surface area contributed by atoms with Crippen molar-refractivity contribution in [2.24, 2.45) is 0 Å². The van der Waals surface area contributed by atoms with E-state index in [0.717, 1.165) is 23.4 Å². The third kappa shape index (κ3) is 3.00. The summed E-state index contributed by atoms with van der Waals surface area (Å²) in [4.78, 5) is 4.80. The molecule has 0 fully saturated rings. The summed E-state index contributed by atoms with van der Waals surface area (Å²) in [6.45, 7) is 0. The Morgan fingerprint density at radius 2 is 1.44 bits per heavy atom. The minimum absolute atomic E-state index is 0.0735. The van der Waals surface area contributed by atoms with Crippen LogP contribution in [0, 0.1) is 0 Å². The van der Waals surface area contributed by atoms with Crippen LogP contribution in [0.15, 0.2) is 101 Å². The lowest BCUT2D eigenvalue weighted by atomic mass is 9.89. The van der Waals surface area contributed by atoms with E-state index in [1.807, 2.05) is 30.3 Å². The second kappa shape index (κ2) is 6.73. The first-order valence-corrected chi connectivity index (χ1v) is 9.25. The van der Waals surface area contributed by atoms with Crippen molar-refractivity contribution in [2.45, 2.75) is 12.3 Å². The van der Waals surface area contributed by atoms with Crippen molar-refractivity contribution in [1.29, 1.82) is 0 Å². The van der Waals surface area contributed by atoms with Crippen molar-refractivity contribution in [3.63, 3.8) is 0 Å².